The average molecular weight is 274 g/mol. The molecule has 3 rings (SSSR count). The molecule has 2 N–H and O–H groups in total. The van der Waals surface area contributed by atoms with E-state index < -0.39 is 0 Å². The van der Waals surface area contributed by atoms with Crippen molar-refractivity contribution in [2.75, 3.05) is 0 Å². The molecule has 2 fully saturated rings. The zero-order valence-electron chi connectivity index (χ0n) is 10.4. The molecular formula is C12H20ClN3O2. The first-order chi connectivity index (χ1) is 8.26. The molecule has 0 amide bonds. The third-order valence-corrected chi connectivity index (χ3v) is 3.90. The highest BCUT2D eigenvalue weighted by Crippen LogP contribution is 2.36. The Bertz CT molecular complexity index is 386. The van der Waals surface area contributed by atoms with Crippen molar-refractivity contribution < 1.29 is 9.26 Å². The summed E-state index contributed by atoms with van der Waals surface area (Å²) in [7, 11) is 0. The monoisotopic (exact) mass is 273 g/mol. The van der Waals surface area contributed by atoms with E-state index in [-0.39, 0.29) is 17.9 Å². The zero-order valence-corrected chi connectivity index (χ0v) is 11.2. The van der Waals surface area contributed by atoms with Gasteiger partial charge in [-0.3, -0.25) is 0 Å². The first kappa shape index (κ1) is 13.8. The summed E-state index contributed by atoms with van der Waals surface area (Å²) < 4.78 is 10.9. The van der Waals surface area contributed by atoms with Crippen LogP contribution in [0, 0.1) is 0 Å². The van der Waals surface area contributed by atoms with Crippen LogP contribution in [0.15, 0.2) is 4.52 Å². The molecule has 0 bridgehead atoms. The Kier molecular flexibility index (Phi) is 4.25. The van der Waals surface area contributed by atoms with Crippen molar-refractivity contribution in [2.45, 2.75) is 63.2 Å². The van der Waals surface area contributed by atoms with Gasteiger partial charge < -0.3 is 15.0 Å². The summed E-state index contributed by atoms with van der Waals surface area (Å²) in [6.45, 7) is 0.424. The first-order valence-electron chi connectivity index (χ1n) is 6.50. The SMILES string of the molecule is Cl.NC1(c2noc(COC3CCCC3)n2)CCC1. The van der Waals surface area contributed by atoms with Gasteiger partial charge in [0, 0.05) is 0 Å². The van der Waals surface area contributed by atoms with Gasteiger partial charge in [-0.1, -0.05) is 18.0 Å². The molecule has 6 heteroatoms. The van der Waals surface area contributed by atoms with Gasteiger partial charge in [-0.2, -0.15) is 4.98 Å². The molecule has 2 aliphatic carbocycles. The molecule has 0 saturated heterocycles. The lowest BCUT2D eigenvalue weighted by Crippen LogP contribution is -2.44. The van der Waals surface area contributed by atoms with Crippen LogP contribution in [-0.4, -0.2) is 16.2 Å². The molecule has 0 radical (unpaired) electrons. The largest absolute Gasteiger partial charge is 0.368 e. The van der Waals surface area contributed by atoms with E-state index in [2.05, 4.69) is 10.1 Å². The zero-order chi connectivity index (χ0) is 11.7. The van der Waals surface area contributed by atoms with E-state index in [0.717, 1.165) is 32.1 Å². The molecule has 1 heterocycles. The van der Waals surface area contributed by atoms with Crippen LogP contribution in [0.25, 0.3) is 0 Å². The fourth-order valence-corrected chi connectivity index (χ4v) is 2.54. The number of halogens is 1. The number of rotatable bonds is 4. The van der Waals surface area contributed by atoms with Crippen LogP contribution >= 0.6 is 12.4 Å². The van der Waals surface area contributed by atoms with Crippen LogP contribution in [0.2, 0.25) is 0 Å². The summed E-state index contributed by atoms with van der Waals surface area (Å²) in [5.41, 5.74) is 5.79. The molecule has 0 aliphatic heterocycles. The van der Waals surface area contributed by atoms with E-state index in [9.17, 15) is 0 Å². The van der Waals surface area contributed by atoms with E-state index in [1.54, 1.807) is 0 Å². The highest BCUT2D eigenvalue weighted by atomic mass is 35.5. The van der Waals surface area contributed by atoms with Crippen molar-refractivity contribution in [3.63, 3.8) is 0 Å². The van der Waals surface area contributed by atoms with Gasteiger partial charge in [0.05, 0.1) is 11.6 Å². The third-order valence-electron chi connectivity index (χ3n) is 3.90. The van der Waals surface area contributed by atoms with Gasteiger partial charge >= 0.3 is 0 Å². The Hall–Kier alpha value is -0.650. The van der Waals surface area contributed by atoms with Crippen molar-refractivity contribution in [1.29, 1.82) is 0 Å². The molecule has 5 nitrogen and oxygen atoms in total. The number of nitrogens with two attached hydrogens (primary N) is 1. The van der Waals surface area contributed by atoms with E-state index in [4.69, 9.17) is 15.0 Å². The second-order valence-corrected chi connectivity index (χ2v) is 5.24. The minimum Gasteiger partial charge on any atom is -0.368 e. The van der Waals surface area contributed by atoms with E-state index in [0.29, 0.717) is 24.4 Å². The lowest BCUT2D eigenvalue weighted by Gasteiger charge is -2.34. The number of hydrogen-bond donors (Lipinski definition) is 1. The molecule has 0 unspecified atom stereocenters. The highest BCUT2D eigenvalue weighted by molar-refractivity contribution is 5.85. The predicted molar refractivity (Wildman–Crippen MR) is 68.3 cm³/mol. The molecule has 1 aromatic heterocycles. The fraction of sp³-hybridized carbons (Fsp3) is 0.833. The molecule has 1 aromatic rings. The lowest BCUT2D eigenvalue weighted by atomic mass is 9.77. The van der Waals surface area contributed by atoms with Gasteiger partial charge in [0.2, 0.25) is 0 Å². The van der Waals surface area contributed by atoms with Crippen LogP contribution in [0.1, 0.15) is 56.7 Å². The van der Waals surface area contributed by atoms with Crippen LogP contribution in [0.3, 0.4) is 0 Å². The Labute approximate surface area is 113 Å². The molecular weight excluding hydrogens is 254 g/mol. The van der Waals surface area contributed by atoms with Gasteiger partial charge in [0.15, 0.2) is 5.82 Å². The Morgan fingerprint density at radius 1 is 1.28 bits per heavy atom. The van der Waals surface area contributed by atoms with Crippen molar-refractivity contribution in [3.8, 4) is 0 Å². The van der Waals surface area contributed by atoms with Crippen LogP contribution in [0.5, 0.6) is 0 Å². The van der Waals surface area contributed by atoms with Crippen LogP contribution in [-0.2, 0) is 16.9 Å². The molecule has 0 atom stereocenters. The molecule has 2 aliphatic rings. The van der Waals surface area contributed by atoms with Crippen LogP contribution in [0.4, 0.5) is 0 Å². The third kappa shape index (κ3) is 2.68. The van der Waals surface area contributed by atoms with Gasteiger partial charge in [-0.15, -0.1) is 12.4 Å². The van der Waals surface area contributed by atoms with E-state index in [1.165, 1.54) is 12.8 Å². The van der Waals surface area contributed by atoms with E-state index >= 15 is 0 Å². The Balaban J connectivity index is 0.00000120. The topological polar surface area (TPSA) is 74.2 Å². The molecule has 0 spiro atoms. The van der Waals surface area contributed by atoms with Crippen molar-refractivity contribution in [2.24, 2.45) is 5.73 Å². The summed E-state index contributed by atoms with van der Waals surface area (Å²) in [5, 5.41) is 3.96. The second-order valence-electron chi connectivity index (χ2n) is 5.24. The number of nitrogens with zero attached hydrogens (tertiary/aromatic N) is 2. The summed E-state index contributed by atoms with van der Waals surface area (Å²) >= 11 is 0. The van der Waals surface area contributed by atoms with E-state index in [1.807, 2.05) is 0 Å². The first-order valence-corrected chi connectivity index (χ1v) is 6.50. The maximum atomic E-state index is 6.13. The minimum atomic E-state index is -0.338. The van der Waals surface area contributed by atoms with Gasteiger partial charge in [-0.25, -0.2) is 0 Å². The normalized spacial score (nSPS) is 22.5. The van der Waals surface area contributed by atoms with Crippen molar-refractivity contribution >= 4 is 12.4 Å². The van der Waals surface area contributed by atoms with Crippen molar-refractivity contribution in [1.82, 2.24) is 10.1 Å². The second kappa shape index (κ2) is 5.55. The summed E-state index contributed by atoms with van der Waals surface area (Å²) in [6, 6.07) is 0. The van der Waals surface area contributed by atoms with Crippen LogP contribution < -0.4 is 5.73 Å². The van der Waals surface area contributed by atoms with Crippen molar-refractivity contribution in [3.05, 3.63) is 11.7 Å². The minimum absolute atomic E-state index is 0. The molecule has 0 aromatic carbocycles. The van der Waals surface area contributed by atoms with Gasteiger partial charge in [0.1, 0.15) is 6.61 Å². The summed E-state index contributed by atoms with van der Waals surface area (Å²) in [6.07, 6.45) is 8.28. The smallest absolute Gasteiger partial charge is 0.252 e. The number of ether oxygens (including phenoxy) is 1. The fourth-order valence-electron chi connectivity index (χ4n) is 2.54. The van der Waals surface area contributed by atoms with Gasteiger partial charge in [0.25, 0.3) is 5.89 Å². The standard InChI is InChI=1S/C12H19N3O2.ClH/c13-12(6-3-7-12)11-14-10(17-15-11)8-16-9-4-1-2-5-9;/h9H,1-8,13H2;1H. The maximum absolute atomic E-state index is 6.13. The molecule has 2 saturated carbocycles. The molecule has 102 valence electrons. The maximum Gasteiger partial charge on any atom is 0.252 e. The number of hydrogen-bond acceptors (Lipinski definition) is 5. The Morgan fingerprint density at radius 2 is 2.00 bits per heavy atom. The Morgan fingerprint density at radius 3 is 2.61 bits per heavy atom. The number of aromatic nitrogens is 2. The summed E-state index contributed by atoms with van der Waals surface area (Å²) in [5.74, 6) is 1.21. The quantitative estimate of drug-likeness (QED) is 0.911. The molecule has 18 heavy (non-hydrogen) atoms. The average Bonchev–Trinajstić information content (AvgIpc) is 2.94. The van der Waals surface area contributed by atoms with Gasteiger partial charge in [-0.05, 0) is 32.1 Å². The lowest BCUT2D eigenvalue weighted by molar-refractivity contribution is 0.0305. The highest BCUT2D eigenvalue weighted by Gasteiger charge is 2.39. The predicted octanol–water partition coefficient (Wildman–Crippen LogP) is 2.29. The summed E-state index contributed by atoms with van der Waals surface area (Å²) in [4.78, 5) is 4.34.